The fraction of sp³-hybridized carbons (Fsp3) is 0.0556. The maximum absolute atomic E-state index is 12.1. The van der Waals surface area contributed by atoms with E-state index in [9.17, 15) is 9.59 Å². The zero-order valence-electron chi connectivity index (χ0n) is 13.6. The van der Waals surface area contributed by atoms with Gasteiger partial charge in [-0.15, -0.1) is 0 Å². The average molecular weight is 415 g/mol. The van der Waals surface area contributed by atoms with Crippen LogP contribution in [0, 0.1) is 0 Å². The van der Waals surface area contributed by atoms with Crippen molar-refractivity contribution in [2.45, 2.75) is 0 Å². The first-order valence-corrected chi connectivity index (χ1v) is 8.50. The van der Waals surface area contributed by atoms with Gasteiger partial charge in [0, 0.05) is 10.7 Å². The Balaban J connectivity index is 1.48. The summed E-state index contributed by atoms with van der Waals surface area (Å²) >= 11 is 3.32. The summed E-state index contributed by atoms with van der Waals surface area (Å²) in [4.78, 5) is 23.8. The molecule has 132 valence electrons. The molecule has 0 atom stereocenters. The van der Waals surface area contributed by atoms with E-state index in [2.05, 4.69) is 31.9 Å². The van der Waals surface area contributed by atoms with Gasteiger partial charge in [-0.25, -0.2) is 4.68 Å². The van der Waals surface area contributed by atoms with Crippen LogP contribution < -0.4 is 15.6 Å². The van der Waals surface area contributed by atoms with Crippen molar-refractivity contribution in [3.63, 3.8) is 0 Å². The van der Waals surface area contributed by atoms with Gasteiger partial charge in [-0.05, 0) is 42.5 Å². The van der Waals surface area contributed by atoms with E-state index in [1.54, 1.807) is 41.2 Å². The van der Waals surface area contributed by atoms with Crippen molar-refractivity contribution < 1.29 is 14.3 Å². The lowest BCUT2D eigenvalue weighted by Crippen LogP contribution is -2.44. The van der Waals surface area contributed by atoms with Crippen molar-refractivity contribution in [1.29, 1.82) is 0 Å². The number of nitrogens with one attached hydrogen (secondary N) is 2. The summed E-state index contributed by atoms with van der Waals surface area (Å²) in [5.41, 5.74) is 5.61. The molecular weight excluding hydrogens is 400 g/mol. The third-order valence-electron chi connectivity index (χ3n) is 3.34. The van der Waals surface area contributed by atoms with Gasteiger partial charge in [-0.1, -0.05) is 34.1 Å². The van der Waals surface area contributed by atoms with Gasteiger partial charge < -0.3 is 4.74 Å². The monoisotopic (exact) mass is 414 g/mol. The fourth-order valence-electron chi connectivity index (χ4n) is 2.08. The summed E-state index contributed by atoms with van der Waals surface area (Å²) < 4.78 is 7.81. The average Bonchev–Trinajstić information content (AvgIpc) is 3.17. The molecule has 2 N–H and O–H groups in total. The zero-order valence-corrected chi connectivity index (χ0v) is 15.1. The SMILES string of the molecule is O=C(COc1ccc(Br)cc1)NNC(=O)c1ccn(-c2ccccc2)n1. The maximum Gasteiger partial charge on any atom is 0.290 e. The van der Waals surface area contributed by atoms with Crippen LogP contribution in [0.4, 0.5) is 0 Å². The molecule has 0 aliphatic carbocycles. The van der Waals surface area contributed by atoms with Crippen molar-refractivity contribution in [1.82, 2.24) is 20.6 Å². The molecule has 0 unspecified atom stereocenters. The number of benzene rings is 2. The van der Waals surface area contributed by atoms with Crippen LogP contribution in [0.5, 0.6) is 5.75 Å². The number of ether oxygens (including phenoxy) is 1. The standard InChI is InChI=1S/C18H15BrN4O3/c19-13-6-8-15(9-7-13)26-12-17(24)20-21-18(25)16-10-11-23(22-16)14-4-2-1-3-5-14/h1-11H,12H2,(H,20,24)(H,21,25). The van der Waals surface area contributed by atoms with Gasteiger partial charge in [0.05, 0.1) is 5.69 Å². The summed E-state index contributed by atoms with van der Waals surface area (Å²) in [6.45, 7) is -0.222. The fourth-order valence-corrected chi connectivity index (χ4v) is 2.34. The predicted octanol–water partition coefficient (Wildman–Crippen LogP) is 2.47. The number of nitrogens with zero attached hydrogens (tertiary/aromatic N) is 2. The van der Waals surface area contributed by atoms with Crippen LogP contribution >= 0.6 is 15.9 Å². The molecule has 8 heteroatoms. The number of rotatable bonds is 5. The Morgan fingerprint density at radius 2 is 1.73 bits per heavy atom. The molecule has 0 aliphatic rings. The summed E-state index contributed by atoms with van der Waals surface area (Å²) in [6.07, 6.45) is 1.67. The number of halogens is 1. The molecule has 0 radical (unpaired) electrons. The molecule has 1 heterocycles. The molecule has 0 spiro atoms. The smallest absolute Gasteiger partial charge is 0.290 e. The summed E-state index contributed by atoms with van der Waals surface area (Å²) in [6, 6.07) is 18.0. The van der Waals surface area contributed by atoms with Crippen LogP contribution in [0.2, 0.25) is 0 Å². The Kier molecular flexibility index (Phi) is 5.65. The highest BCUT2D eigenvalue weighted by molar-refractivity contribution is 9.10. The molecule has 3 aromatic rings. The first kappa shape index (κ1) is 17.7. The Morgan fingerprint density at radius 3 is 2.46 bits per heavy atom. The van der Waals surface area contributed by atoms with E-state index in [0.29, 0.717) is 5.75 Å². The van der Waals surface area contributed by atoms with Gasteiger partial charge in [0.25, 0.3) is 11.8 Å². The molecule has 2 amide bonds. The molecule has 0 saturated heterocycles. The van der Waals surface area contributed by atoms with Gasteiger partial charge in [-0.3, -0.25) is 20.4 Å². The molecule has 0 saturated carbocycles. The first-order valence-electron chi connectivity index (χ1n) is 7.70. The minimum absolute atomic E-state index is 0.183. The van der Waals surface area contributed by atoms with Crippen molar-refractivity contribution in [3.05, 3.63) is 77.0 Å². The van der Waals surface area contributed by atoms with Gasteiger partial charge in [0.1, 0.15) is 5.75 Å². The number of para-hydroxylation sites is 1. The van der Waals surface area contributed by atoms with Crippen molar-refractivity contribution in [2.24, 2.45) is 0 Å². The van der Waals surface area contributed by atoms with E-state index >= 15 is 0 Å². The second kappa shape index (κ2) is 8.30. The quantitative estimate of drug-likeness (QED) is 0.628. The van der Waals surface area contributed by atoms with E-state index in [-0.39, 0.29) is 12.3 Å². The summed E-state index contributed by atoms with van der Waals surface area (Å²) in [5.74, 6) is -0.447. The van der Waals surface area contributed by atoms with E-state index < -0.39 is 11.8 Å². The van der Waals surface area contributed by atoms with Crippen LogP contribution in [0.25, 0.3) is 5.69 Å². The molecule has 0 bridgehead atoms. The van der Waals surface area contributed by atoms with Gasteiger partial charge >= 0.3 is 0 Å². The second-order valence-electron chi connectivity index (χ2n) is 5.23. The normalized spacial score (nSPS) is 10.2. The number of carbonyl (C=O) groups is 2. The molecule has 3 rings (SSSR count). The van der Waals surface area contributed by atoms with Crippen molar-refractivity contribution in [3.8, 4) is 11.4 Å². The van der Waals surface area contributed by atoms with Crippen LogP contribution in [-0.2, 0) is 4.79 Å². The van der Waals surface area contributed by atoms with Gasteiger partial charge in [0.15, 0.2) is 12.3 Å². The van der Waals surface area contributed by atoms with Crippen LogP contribution in [-0.4, -0.2) is 28.2 Å². The van der Waals surface area contributed by atoms with E-state index in [0.717, 1.165) is 10.2 Å². The Labute approximate surface area is 158 Å². The first-order chi connectivity index (χ1) is 12.6. The van der Waals surface area contributed by atoms with Crippen LogP contribution in [0.1, 0.15) is 10.5 Å². The molecule has 7 nitrogen and oxygen atoms in total. The number of aromatic nitrogens is 2. The molecule has 0 aliphatic heterocycles. The Hall–Kier alpha value is -3.13. The third kappa shape index (κ3) is 4.70. The largest absolute Gasteiger partial charge is 0.484 e. The topological polar surface area (TPSA) is 85.3 Å². The zero-order chi connectivity index (χ0) is 18.4. The van der Waals surface area contributed by atoms with Gasteiger partial charge in [-0.2, -0.15) is 5.10 Å². The minimum Gasteiger partial charge on any atom is -0.484 e. The van der Waals surface area contributed by atoms with Gasteiger partial charge in [0.2, 0.25) is 0 Å². The molecule has 26 heavy (non-hydrogen) atoms. The maximum atomic E-state index is 12.1. The summed E-state index contributed by atoms with van der Waals surface area (Å²) in [5, 5.41) is 4.18. The van der Waals surface area contributed by atoms with Crippen LogP contribution in [0.15, 0.2) is 71.3 Å². The van der Waals surface area contributed by atoms with Crippen LogP contribution in [0.3, 0.4) is 0 Å². The van der Waals surface area contributed by atoms with E-state index in [1.807, 2.05) is 30.3 Å². The lowest BCUT2D eigenvalue weighted by molar-refractivity contribution is -0.123. The Morgan fingerprint density at radius 1 is 1.00 bits per heavy atom. The lowest BCUT2D eigenvalue weighted by atomic mass is 10.3. The number of amides is 2. The number of hydrogen-bond acceptors (Lipinski definition) is 4. The minimum atomic E-state index is -0.517. The molecule has 1 aromatic heterocycles. The number of hydrazine groups is 1. The molecule has 0 fully saturated rings. The van der Waals surface area contributed by atoms with E-state index in [1.165, 1.54) is 0 Å². The number of carbonyl (C=O) groups excluding carboxylic acids is 2. The lowest BCUT2D eigenvalue weighted by Gasteiger charge is -2.08. The Bertz CT molecular complexity index is 894. The highest BCUT2D eigenvalue weighted by Gasteiger charge is 2.11. The number of hydrogen-bond donors (Lipinski definition) is 2. The molecular formula is C18H15BrN4O3. The highest BCUT2D eigenvalue weighted by atomic mass is 79.9. The second-order valence-corrected chi connectivity index (χ2v) is 6.14. The third-order valence-corrected chi connectivity index (χ3v) is 3.87. The van der Waals surface area contributed by atoms with Crippen molar-refractivity contribution in [2.75, 3.05) is 6.61 Å². The van der Waals surface area contributed by atoms with Crippen molar-refractivity contribution >= 4 is 27.7 Å². The summed E-state index contributed by atoms with van der Waals surface area (Å²) in [7, 11) is 0. The molecule has 2 aromatic carbocycles. The van der Waals surface area contributed by atoms with E-state index in [4.69, 9.17) is 4.74 Å². The highest BCUT2D eigenvalue weighted by Crippen LogP contribution is 2.15. The predicted molar refractivity (Wildman–Crippen MR) is 98.8 cm³/mol.